The van der Waals surface area contributed by atoms with Crippen molar-refractivity contribution < 1.29 is 9.41 Å². The van der Waals surface area contributed by atoms with E-state index in [4.69, 9.17) is 0 Å². The van der Waals surface area contributed by atoms with Crippen LogP contribution in [0.3, 0.4) is 0 Å². The van der Waals surface area contributed by atoms with Crippen LogP contribution in [-0.2, 0) is 0 Å². The van der Waals surface area contributed by atoms with E-state index in [0.717, 1.165) is 36.3 Å². The number of rotatable bonds is 2. The minimum atomic E-state index is -0.361. The topological polar surface area (TPSA) is 46.4 Å². The summed E-state index contributed by atoms with van der Waals surface area (Å²) in [4.78, 5) is 12.5. The van der Waals surface area contributed by atoms with Gasteiger partial charge in [-0.1, -0.05) is 0 Å². The molecule has 0 radical (unpaired) electrons. The summed E-state index contributed by atoms with van der Waals surface area (Å²) in [6.45, 7) is 4.23. The van der Waals surface area contributed by atoms with Gasteiger partial charge in [-0.3, -0.25) is 10.1 Å². The van der Waals surface area contributed by atoms with Gasteiger partial charge in [0.1, 0.15) is 0 Å². The number of likely N-dealkylation sites (N-methyl/N-ethyl adjacent to an activating group) is 1. The van der Waals surface area contributed by atoms with Crippen LogP contribution >= 0.6 is 0 Å². The van der Waals surface area contributed by atoms with E-state index in [1.807, 2.05) is 12.1 Å². The molecule has 0 bridgehead atoms. The molecule has 1 fully saturated rings. The Labute approximate surface area is 101 Å². The fourth-order valence-electron chi connectivity index (χ4n) is 2.05. The zero-order valence-corrected chi connectivity index (χ0v) is 10.3. The molecule has 5 nitrogen and oxygen atoms in total. The van der Waals surface area contributed by atoms with Crippen LogP contribution in [0.15, 0.2) is 24.3 Å². The van der Waals surface area contributed by atoms with Gasteiger partial charge in [-0.2, -0.15) is 0 Å². The summed E-state index contributed by atoms with van der Waals surface area (Å²) < 4.78 is 1.05. The van der Waals surface area contributed by atoms with Gasteiger partial charge in [0.05, 0.1) is 45.2 Å². The van der Waals surface area contributed by atoms with E-state index in [9.17, 15) is 10.1 Å². The van der Waals surface area contributed by atoms with Crippen LogP contribution in [0.5, 0.6) is 0 Å². The molecule has 0 amide bonds. The standard InChI is InChI=1S/C12H18N3O2/c1-15(2)9-7-13(8-10-15)11-3-5-12(6-4-11)14(16)17/h3-6H,7-10H2,1-2H3/q+1. The van der Waals surface area contributed by atoms with Crippen molar-refractivity contribution in [2.24, 2.45) is 0 Å². The molecule has 92 valence electrons. The average Bonchev–Trinajstić information content (AvgIpc) is 2.29. The fourth-order valence-corrected chi connectivity index (χ4v) is 2.05. The molecule has 0 N–H and O–H groups in total. The second kappa shape index (κ2) is 4.33. The molecular weight excluding hydrogens is 218 g/mol. The molecular formula is C12H18N3O2+. The van der Waals surface area contributed by atoms with Crippen LogP contribution in [-0.4, -0.2) is 49.7 Å². The normalized spacial score (nSPS) is 19.1. The van der Waals surface area contributed by atoms with E-state index in [1.54, 1.807) is 12.1 Å². The largest absolute Gasteiger partial charge is 0.360 e. The number of non-ortho nitro benzene ring substituents is 1. The van der Waals surface area contributed by atoms with Crippen molar-refractivity contribution in [1.29, 1.82) is 0 Å². The van der Waals surface area contributed by atoms with E-state index in [-0.39, 0.29) is 10.6 Å². The Hall–Kier alpha value is -1.62. The zero-order chi connectivity index (χ0) is 12.5. The molecule has 0 atom stereocenters. The zero-order valence-electron chi connectivity index (χ0n) is 10.3. The van der Waals surface area contributed by atoms with Gasteiger partial charge in [-0.25, -0.2) is 0 Å². The van der Waals surface area contributed by atoms with Gasteiger partial charge in [0.25, 0.3) is 5.69 Å². The highest BCUT2D eigenvalue weighted by molar-refractivity contribution is 5.51. The number of nitro benzene ring substituents is 1. The number of quaternary nitrogens is 1. The number of nitrogens with zero attached hydrogens (tertiary/aromatic N) is 3. The Balaban J connectivity index is 2.06. The number of hydrogen-bond acceptors (Lipinski definition) is 3. The fraction of sp³-hybridized carbons (Fsp3) is 0.500. The lowest BCUT2D eigenvalue weighted by Crippen LogP contribution is -2.54. The van der Waals surface area contributed by atoms with Crippen molar-refractivity contribution in [3.8, 4) is 0 Å². The summed E-state index contributed by atoms with van der Waals surface area (Å²) in [5.41, 5.74) is 1.23. The van der Waals surface area contributed by atoms with Gasteiger partial charge in [-0.15, -0.1) is 0 Å². The Bertz CT molecular complexity index is 404. The SMILES string of the molecule is C[N+]1(C)CCN(c2ccc([N+](=O)[O-])cc2)CC1. The molecule has 1 aliphatic heterocycles. The first-order chi connectivity index (χ1) is 7.98. The molecule has 1 aromatic rings. The third-order valence-corrected chi connectivity index (χ3v) is 3.38. The second-order valence-corrected chi connectivity index (χ2v) is 5.14. The molecule has 1 aromatic carbocycles. The van der Waals surface area contributed by atoms with Crippen LogP contribution in [0.2, 0.25) is 0 Å². The smallest absolute Gasteiger partial charge is 0.269 e. The number of nitro groups is 1. The quantitative estimate of drug-likeness (QED) is 0.444. The third kappa shape index (κ3) is 2.74. The summed E-state index contributed by atoms with van der Waals surface area (Å²) >= 11 is 0. The molecule has 5 heteroatoms. The third-order valence-electron chi connectivity index (χ3n) is 3.38. The Morgan fingerprint density at radius 1 is 1.18 bits per heavy atom. The molecule has 2 rings (SSSR count). The molecule has 0 aliphatic carbocycles. The van der Waals surface area contributed by atoms with Gasteiger partial charge in [0, 0.05) is 17.8 Å². The van der Waals surface area contributed by atoms with Gasteiger partial charge < -0.3 is 9.38 Å². The molecule has 0 saturated carbocycles. The first-order valence-electron chi connectivity index (χ1n) is 5.79. The van der Waals surface area contributed by atoms with Crippen LogP contribution < -0.4 is 4.90 Å². The Morgan fingerprint density at radius 3 is 2.18 bits per heavy atom. The Morgan fingerprint density at radius 2 is 1.71 bits per heavy atom. The lowest BCUT2D eigenvalue weighted by atomic mass is 10.2. The van der Waals surface area contributed by atoms with Gasteiger partial charge in [0.2, 0.25) is 0 Å². The van der Waals surface area contributed by atoms with Crippen molar-refractivity contribution >= 4 is 11.4 Å². The molecule has 0 unspecified atom stereocenters. The van der Waals surface area contributed by atoms with Gasteiger partial charge >= 0.3 is 0 Å². The highest BCUT2D eigenvalue weighted by Gasteiger charge is 2.24. The summed E-state index contributed by atoms with van der Waals surface area (Å²) in [5, 5.41) is 10.6. The molecule has 17 heavy (non-hydrogen) atoms. The highest BCUT2D eigenvalue weighted by atomic mass is 16.6. The molecule has 1 heterocycles. The van der Waals surface area contributed by atoms with Crippen LogP contribution in [0.4, 0.5) is 11.4 Å². The predicted molar refractivity (Wildman–Crippen MR) is 67.2 cm³/mol. The minimum absolute atomic E-state index is 0.155. The summed E-state index contributed by atoms with van der Waals surface area (Å²) in [6, 6.07) is 6.82. The number of hydrogen-bond donors (Lipinski definition) is 0. The van der Waals surface area contributed by atoms with Gasteiger partial charge in [0.15, 0.2) is 0 Å². The van der Waals surface area contributed by atoms with E-state index in [2.05, 4.69) is 19.0 Å². The van der Waals surface area contributed by atoms with Crippen LogP contribution in [0.1, 0.15) is 0 Å². The van der Waals surface area contributed by atoms with E-state index < -0.39 is 0 Å². The van der Waals surface area contributed by atoms with Crippen molar-refractivity contribution in [2.45, 2.75) is 0 Å². The van der Waals surface area contributed by atoms with Crippen LogP contribution in [0.25, 0.3) is 0 Å². The van der Waals surface area contributed by atoms with Crippen molar-refractivity contribution in [1.82, 2.24) is 0 Å². The molecule has 0 aromatic heterocycles. The maximum atomic E-state index is 10.6. The average molecular weight is 236 g/mol. The number of piperazine rings is 1. The Kier molecular flexibility index (Phi) is 3.02. The van der Waals surface area contributed by atoms with E-state index >= 15 is 0 Å². The molecule has 0 spiro atoms. The maximum absolute atomic E-state index is 10.6. The van der Waals surface area contributed by atoms with E-state index in [0.29, 0.717) is 0 Å². The van der Waals surface area contributed by atoms with Crippen molar-refractivity contribution in [3.63, 3.8) is 0 Å². The van der Waals surface area contributed by atoms with Gasteiger partial charge in [-0.05, 0) is 12.1 Å². The second-order valence-electron chi connectivity index (χ2n) is 5.14. The predicted octanol–water partition coefficient (Wildman–Crippen LogP) is 1.49. The lowest BCUT2D eigenvalue weighted by Gasteiger charge is -2.40. The van der Waals surface area contributed by atoms with E-state index in [1.165, 1.54) is 0 Å². The maximum Gasteiger partial charge on any atom is 0.269 e. The molecule has 1 aliphatic rings. The minimum Gasteiger partial charge on any atom is -0.360 e. The number of benzene rings is 1. The first kappa shape index (κ1) is 11.9. The molecule has 1 saturated heterocycles. The summed E-state index contributed by atoms with van der Waals surface area (Å²) in [7, 11) is 4.46. The summed E-state index contributed by atoms with van der Waals surface area (Å²) in [6.07, 6.45) is 0. The first-order valence-corrected chi connectivity index (χ1v) is 5.79. The number of anilines is 1. The highest BCUT2D eigenvalue weighted by Crippen LogP contribution is 2.21. The monoisotopic (exact) mass is 236 g/mol. The van der Waals surface area contributed by atoms with Crippen molar-refractivity contribution in [3.05, 3.63) is 34.4 Å². The lowest BCUT2D eigenvalue weighted by molar-refractivity contribution is -0.890. The summed E-state index contributed by atoms with van der Waals surface area (Å²) in [5.74, 6) is 0. The van der Waals surface area contributed by atoms with Crippen molar-refractivity contribution in [2.75, 3.05) is 45.2 Å². The van der Waals surface area contributed by atoms with Crippen LogP contribution in [0, 0.1) is 10.1 Å².